The van der Waals surface area contributed by atoms with Crippen molar-refractivity contribution >= 4 is 11.9 Å². The lowest BCUT2D eigenvalue weighted by Crippen LogP contribution is -2.41. The van der Waals surface area contributed by atoms with Gasteiger partial charge in [-0.1, -0.05) is 35.9 Å². The SMILES string of the molecule is C=CCN(CC(=O)O)C(=O)C(N)c1ccc(C)cc1. The van der Waals surface area contributed by atoms with Crippen molar-refractivity contribution in [2.45, 2.75) is 13.0 Å². The van der Waals surface area contributed by atoms with Crippen LogP contribution in [0.25, 0.3) is 0 Å². The Balaban J connectivity index is 2.85. The zero-order chi connectivity index (χ0) is 14.4. The van der Waals surface area contributed by atoms with Crippen LogP contribution in [0.15, 0.2) is 36.9 Å². The van der Waals surface area contributed by atoms with Gasteiger partial charge in [-0.2, -0.15) is 0 Å². The number of amides is 1. The lowest BCUT2D eigenvalue weighted by atomic mass is 10.0. The second-order valence-corrected chi connectivity index (χ2v) is 4.29. The molecule has 0 fully saturated rings. The van der Waals surface area contributed by atoms with E-state index < -0.39 is 17.9 Å². The number of carbonyl (C=O) groups excluding carboxylic acids is 1. The van der Waals surface area contributed by atoms with Gasteiger partial charge < -0.3 is 15.7 Å². The Morgan fingerprint density at radius 2 is 2.00 bits per heavy atom. The van der Waals surface area contributed by atoms with Crippen LogP contribution < -0.4 is 5.73 Å². The third-order valence-corrected chi connectivity index (χ3v) is 2.69. The summed E-state index contributed by atoms with van der Waals surface area (Å²) in [5.41, 5.74) is 7.61. The molecular weight excluding hydrogens is 244 g/mol. The van der Waals surface area contributed by atoms with Gasteiger partial charge in [-0.05, 0) is 12.5 Å². The molecule has 5 nitrogen and oxygen atoms in total. The molecule has 1 aromatic rings. The van der Waals surface area contributed by atoms with E-state index in [2.05, 4.69) is 6.58 Å². The molecule has 1 atom stereocenters. The van der Waals surface area contributed by atoms with Crippen molar-refractivity contribution in [2.24, 2.45) is 5.73 Å². The number of nitrogens with zero attached hydrogens (tertiary/aromatic N) is 1. The zero-order valence-corrected chi connectivity index (χ0v) is 10.9. The maximum Gasteiger partial charge on any atom is 0.323 e. The molecule has 3 N–H and O–H groups in total. The minimum atomic E-state index is -1.08. The molecule has 0 radical (unpaired) electrons. The van der Waals surface area contributed by atoms with Crippen LogP contribution in [0.5, 0.6) is 0 Å². The van der Waals surface area contributed by atoms with Gasteiger partial charge in [0.1, 0.15) is 12.6 Å². The second-order valence-electron chi connectivity index (χ2n) is 4.29. The number of aliphatic carboxylic acids is 1. The summed E-state index contributed by atoms with van der Waals surface area (Å²) in [5.74, 6) is -1.50. The van der Waals surface area contributed by atoms with Crippen molar-refractivity contribution in [3.63, 3.8) is 0 Å². The molecule has 0 aromatic heterocycles. The average molecular weight is 262 g/mol. The smallest absolute Gasteiger partial charge is 0.323 e. The van der Waals surface area contributed by atoms with E-state index in [0.717, 1.165) is 5.56 Å². The standard InChI is InChI=1S/C14H18N2O3/c1-3-8-16(9-12(17)18)14(19)13(15)11-6-4-10(2)5-7-11/h3-7,13H,1,8-9,15H2,2H3,(H,17,18). The van der Waals surface area contributed by atoms with Gasteiger partial charge >= 0.3 is 5.97 Å². The molecule has 0 aliphatic rings. The highest BCUT2D eigenvalue weighted by atomic mass is 16.4. The molecule has 0 bridgehead atoms. The van der Waals surface area contributed by atoms with E-state index in [-0.39, 0.29) is 13.1 Å². The maximum atomic E-state index is 12.1. The third kappa shape index (κ3) is 4.22. The topological polar surface area (TPSA) is 83.6 Å². The summed E-state index contributed by atoms with van der Waals surface area (Å²) in [4.78, 5) is 24.0. The quantitative estimate of drug-likeness (QED) is 0.752. The molecule has 1 amide bonds. The summed E-state index contributed by atoms with van der Waals surface area (Å²) in [6.07, 6.45) is 1.47. The molecule has 1 rings (SSSR count). The zero-order valence-electron chi connectivity index (χ0n) is 10.9. The minimum absolute atomic E-state index is 0.157. The van der Waals surface area contributed by atoms with E-state index in [0.29, 0.717) is 5.56 Å². The van der Waals surface area contributed by atoms with Gasteiger partial charge in [-0.25, -0.2) is 0 Å². The van der Waals surface area contributed by atoms with Gasteiger partial charge in [0.15, 0.2) is 0 Å². The number of nitrogens with two attached hydrogens (primary N) is 1. The van der Waals surface area contributed by atoms with Crippen LogP contribution in [0.1, 0.15) is 17.2 Å². The summed E-state index contributed by atoms with van der Waals surface area (Å²) in [6.45, 7) is 5.22. The first-order valence-corrected chi connectivity index (χ1v) is 5.89. The van der Waals surface area contributed by atoms with Gasteiger partial charge in [-0.15, -0.1) is 6.58 Å². The summed E-state index contributed by atoms with van der Waals surface area (Å²) in [6, 6.07) is 6.39. The molecule has 1 unspecified atom stereocenters. The highest BCUT2D eigenvalue weighted by Gasteiger charge is 2.23. The Kier molecular flexibility index (Phi) is 5.26. The number of aryl methyl sites for hydroxylation is 1. The Hall–Kier alpha value is -2.14. The second kappa shape index (κ2) is 6.70. The first-order chi connectivity index (χ1) is 8.95. The number of rotatable bonds is 6. The van der Waals surface area contributed by atoms with Crippen molar-refractivity contribution in [2.75, 3.05) is 13.1 Å². The fourth-order valence-electron chi connectivity index (χ4n) is 1.66. The molecule has 0 aliphatic carbocycles. The highest BCUT2D eigenvalue weighted by molar-refractivity contribution is 5.86. The number of hydrogen-bond donors (Lipinski definition) is 2. The first kappa shape index (κ1) is 14.9. The van der Waals surface area contributed by atoms with Gasteiger partial charge in [0.25, 0.3) is 0 Å². The highest BCUT2D eigenvalue weighted by Crippen LogP contribution is 2.14. The summed E-state index contributed by atoms with van der Waals surface area (Å²) < 4.78 is 0. The predicted molar refractivity (Wildman–Crippen MR) is 72.5 cm³/mol. The largest absolute Gasteiger partial charge is 0.480 e. The van der Waals surface area contributed by atoms with Crippen molar-refractivity contribution in [3.8, 4) is 0 Å². The maximum absolute atomic E-state index is 12.1. The molecule has 5 heteroatoms. The fraction of sp³-hybridized carbons (Fsp3) is 0.286. The van der Waals surface area contributed by atoms with E-state index in [4.69, 9.17) is 10.8 Å². The number of carbonyl (C=O) groups is 2. The number of carboxylic acid groups (broad SMARTS) is 1. The molecule has 0 saturated heterocycles. The average Bonchev–Trinajstić information content (AvgIpc) is 2.37. The molecule has 0 aliphatic heterocycles. The van der Waals surface area contributed by atoms with E-state index in [9.17, 15) is 9.59 Å². The Morgan fingerprint density at radius 1 is 1.42 bits per heavy atom. The van der Waals surface area contributed by atoms with Crippen LogP contribution in [0.2, 0.25) is 0 Å². The van der Waals surface area contributed by atoms with Gasteiger partial charge in [0, 0.05) is 6.54 Å². The number of benzene rings is 1. The van der Waals surface area contributed by atoms with Crippen molar-refractivity contribution in [1.82, 2.24) is 4.90 Å². The van der Waals surface area contributed by atoms with E-state index in [1.807, 2.05) is 19.1 Å². The van der Waals surface area contributed by atoms with Crippen LogP contribution in [0.4, 0.5) is 0 Å². The van der Waals surface area contributed by atoms with E-state index in [1.54, 1.807) is 12.1 Å². The van der Waals surface area contributed by atoms with Crippen LogP contribution in [-0.2, 0) is 9.59 Å². The Morgan fingerprint density at radius 3 is 2.47 bits per heavy atom. The summed E-state index contributed by atoms with van der Waals surface area (Å²) in [5, 5.41) is 8.78. The molecule has 0 saturated carbocycles. The van der Waals surface area contributed by atoms with Crippen LogP contribution >= 0.6 is 0 Å². The van der Waals surface area contributed by atoms with E-state index >= 15 is 0 Å². The van der Waals surface area contributed by atoms with Crippen molar-refractivity contribution in [3.05, 3.63) is 48.0 Å². The number of carboxylic acids is 1. The molecular formula is C14H18N2O3. The molecule has 1 aromatic carbocycles. The van der Waals surface area contributed by atoms with Gasteiger partial charge in [0.05, 0.1) is 0 Å². The predicted octanol–water partition coefficient (Wildman–Crippen LogP) is 1.09. The summed E-state index contributed by atoms with van der Waals surface area (Å²) in [7, 11) is 0. The van der Waals surface area contributed by atoms with Crippen LogP contribution in [0, 0.1) is 6.92 Å². The van der Waals surface area contributed by atoms with Crippen LogP contribution in [-0.4, -0.2) is 35.0 Å². The monoisotopic (exact) mass is 262 g/mol. The lowest BCUT2D eigenvalue weighted by molar-refractivity contribution is -0.144. The van der Waals surface area contributed by atoms with Gasteiger partial charge in [-0.3, -0.25) is 9.59 Å². The Bertz CT molecular complexity index is 468. The van der Waals surface area contributed by atoms with Crippen molar-refractivity contribution in [1.29, 1.82) is 0 Å². The molecule has 19 heavy (non-hydrogen) atoms. The molecule has 0 spiro atoms. The van der Waals surface area contributed by atoms with Crippen molar-refractivity contribution < 1.29 is 14.7 Å². The third-order valence-electron chi connectivity index (χ3n) is 2.69. The molecule has 0 heterocycles. The summed E-state index contributed by atoms with van der Waals surface area (Å²) >= 11 is 0. The fourth-order valence-corrected chi connectivity index (χ4v) is 1.66. The normalized spacial score (nSPS) is 11.7. The Labute approximate surface area is 112 Å². The van der Waals surface area contributed by atoms with Crippen LogP contribution in [0.3, 0.4) is 0 Å². The van der Waals surface area contributed by atoms with E-state index in [1.165, 1.54) is 11.0 Å². The first-order valence-electron chi connectivity index (χ1n) is 5.89. The molecule has 102 valence electrons. The number of hydrogen-bond acceptors (Lipinski definition) is 3. The lowest BCUT2D eigenvalue weighted by Gasteiger charge is -2.23. The minimum Gasteiger partial charge on any atom is -0.480 e. The van der Waals surface area contributed by atoms with Gasteiger partial charge in [0.2, 0.25) is 5.91 Å².